The van der Waals surface area contributed by atoms with Crippen molar-refractivity contribution in [3.8, 4) is 0 Å². The van der Waals surface area contributed by atoms with Gasteiger partial charge in [-0.3, -0.25) is 4.79 Å². The molecule has 24 heavy (non-hydrogen) atoms. The van der Waals surface area contributed by atoms with Gasteiger partial charge in [-0.25, -0.2) is 9.78 Å². The molecular weight excluding hydrogens is 375 g/mol. The number of benzene rings is 1. The summed E-state index contributed by atoms with van der Waals surface area (Å²) in [6.07, 6.45) is 0.157. The van der Waals surface area contributed by atoms with E-state index in [9.17, 15) is 9.59 Å². The van der Waals surface area contributed by atoms with Crippen LogP contribution < -0.4 is 4.90 Å². The van der Waals surface area contributed by atoms with Gasteiger partial charge in [-0.05, 0) is 19.1 Å². The molecule has 1 aromatic heterocycles. The van der Waals surface area contributed by atoms with Crippen LogP contribution in [0.25, 0.3) is 0 Å². The van der Waals surface area contributed by atoms with Crippen molar-refractivity contribution < 1.29 is 14.3 Å². The monoisotopic (exact) mass is 386 g/mol. The van der Waals surface area contributed by atoms with Crippen LogP contribution in [0.1, 0.15) is 17.4 Å². The minimum absolute atomic E-state index is 0.000617. The Morgan fingerprint density at radius 3 is 2.38 bits per heavy atom. The molecule has 0 radical (unpaired) electrons. The largest absolute Gasteiger partial charge is 0.448 e. The molecule has 1 atom stereocenters. The fourth-order valence-corrected chi connectivity index (χ4v) is 2.46. The van der Waals surface area contributed by atoms with Gasteiger partial charge in [0.05, 0.1) is 15.1 Å². The van der Waals surface area contributed by atoms with Gasteiger partial charge >= 0.3 is 5.97 Å². The van der Waals surface area contributed by atoms with Gasteiger partial charge in [-0.2, -0.15) is 0 Å². The average Bonchev–Trinajstić information content (AvgIpc) is 2.59. The maximum absolute atomic E-state index is 12.4. The number of carbonyl (C=O) groups excluding carboxylic acids is 2. The number of halogens is 3. The molecule has 0 bridgehead atoms. The standard InChI is InChI=1S/C16H13Cl3N2O3/c1-9(15(22)21(2)10-6-4-3-5-7-10)24-16(23)14-13(19)12(18)11(17)8-20-14/h3-9H,1-2H3/t9-/m0/s1. The van der Waals surface area contributed by atoms with Crippen LogP contribution in [0.3, 0.4) is 0 Å². The quantitative estimate of drug-likeness (QED) is 0.736. The Kier molecular flexibility index (Phi) is 6.04. The third kappa shape index (κ3) is 3.98. The first-order valence-electron chi connectivity index (χ1n) is 6.86. The lowest BCUT2D eigenvalue weighted by Gasteiger charge is -2.21. The summed E-state index contributed by atoms with van der Waals surface area (Å²) in [6, 6.07) is 8.97. The summed E-state index contributed by atoms with van der Waals surface area (Å²) in [5.74, 6) is -1.26. The molecule has 0 saturated heterocycles. The van der Waals surface area contributed by atoms with Crippen LogP contribution in [0.15, 0.2) is 36.5 Å². The Balaban J connectivity index is 2.11. The highest BCUT2D eigenvalue weighted by atomic mass is 35.5. The number of esters is 1. The van der Waals surface area contributed by atoms with E-state index >= 15 is 0 Å². The van der Waals surface area contributed by atoms with Crippen molar-refractivity contribution in [2.75, 3.05) is 11.9 Å². The van der Waals surface area contributed by atoms with Crippen molar-refractivity contribution in [1.82, 2.24) is 4.98 Å². The number of likely N-dealkylation sites (N-methyl/N-ethyl adjacent to an activating group) is 1. The van der Waals surface area contributed by atoms with E-state index in [4.69, 9.17) is 39.5 Å². The fourth-order valence-electron chi connectivity index (χ4n) is 1.90. The van der Waals surface area contributed by atoms with Gasteiger partial charge < -0.3 is 9.64 Å². The molecule has 0 aliphatic heterocycles. The Morgan fingerprint density at radius 2 is 1.75 bits per heavy atom. The lowest BCUT2D eigenvalue weighted by atomic mass is 10.2. The number of para-hydroxylation sites is 1. The second-order valence-electron chi connectivity index (χ2n) is 4.86. The third-order valence-corrected chi connectivity index (χ3v) is 4.46. The number of carbonyl (C=O) groups is 2. The third-order valence-electron chi connectivity index (χ3n) is 3.22. The maximum atomic E-state index is 12.4. The highest BCUT2D eigenvalue weighted by molar-refractivity contribution is 6.48. The molecule has 1 heterocycles. The van der Waals surface area contributed by atoms with Gasteiger partial charge in [-0.1, -0.05) is 53.0 Å². The second-order valence-corrected chi connectivity index (χ2v) is 6.03. The molecule has 0 saturated carbocycles. The Hall–Kier alpha value is -1.82. The van der Waals surface area contributed by atoms with Gasteiger partial charge in [-0.15, -0.1) is 0 Å². The van der Waals surface area contributed by atoms with E-state index in [1.807, 2.05) is 6.07 Å². The van der Waals surface area contributed by atoms with E-state index in [0.717, 1.165) is 0 Å². The van der Waals surface area contributed by atoms with Crippen molar-refractivity contribution in [1.29, 1.82) is 0 Å². The maximum Gasteiger partial charge on any atom is 0.359 e. The minimum Gasteiger partial charge on any atom is -0.448 e. The van der Waals surface area contributed by atoms with Crippen molar-refractivity contribution in [3.05, 3.63) is 57.3 Å². The molecule has 1 aromatic carbocycles. The van der Waals surface area contributed by atoms with Crippen LogP contribution in [-0.2, 0) is 9.53 Å². The van der Waals surface area contributed by atoms with Crippen LogP contribution in [-0.4, -0.2) is 30.0 Å². The Labute approximate surface area is 154 Å². The van der Waals surface area contributed by atoms with Crippen molar-refractivity contribution in [3.63, 3.8) is 0 Å². The summed E-state index contributed by atoms with van der Waals surface area (Å²) in [6.45, 7) is 1.46. The number of anilines is 1. The predicted molar refractivity (Wildman–Crippen MR) is 94.0 cm³/mol. The molecule has 2 aromatic rings. The number of pyridine rings is 1. The highest BCUT2D eigenvalue weighted by Crippen LogP contribution is 2.31. The van der Waals surface area contributed by atoms with Gasteiger partial charge in [0.1, 0.15) is 0 Å². The summed E-state index contributed by atoms with van der Waals surface area (Å²) < 4.78 is 5.14. The minimum atomic E-state index is -1.03. The molecule has 0 aliphatic rings. The molecule has 0 N–H and O–H groups in total. The van der Waals surface area contributed by atoms with E-state index < -0.39 is 18.0 Å². The Morgan fingerprint density at radius 1 is 1.12 bits per heavy atom. The van der Waals surface area contributed by atoms with Gasteiger partial charge in [0.15, 0.2) is 11.8 Å². The van der Waals surface area contributed by atoms with Crippen LogP contribution in [0.2, 0.25) is 15.1 Å². The number of ether oxygens (including phenoxy) is 1. The number of amides is 1. The molecule has 126 valence electrons. The van der Waals surface area contributed by atoms with Crippen molar-refractivity contribution >= 4 is 52.4 Å². The van der Waals surface area contributed by atoms with Gasteiger partial charge in [0, 0.05) is 18.9 Å². The zero-order valence-corrected chi connectivity index (χ0v) is 15.1. The van der Waals surface area contributed by atoms with E-state index in [1.54, 1.807) is 31.3 Å². The average molecular weight is 388 g/mol. The zero-order chi connectivity index (χ0) is 17.9. The van der Waals surface area contributed by atoms with Crippen LogP contribution >= 0.6 is 34.8 Å². The number of hydrogen-bond donors (Lipinski definition) is 0. The van der Waals surface area contributed by atoms with Crippen LogP contribution in [0, 0.1) is 0 Å². The molecule has 5 nitrogen and oxygen atoms in total. The summed E-state index contributed by atoms with van der Waals surface area (Å²) in [5, 5.41) is -0.00273. The number of hydrogen-bond acceptors (Lipinski definition) is 4. The number of rotatable bonds is 4. The number of aromatic nitrogens is 1. The first-order chi connectivity index (χ1) is 11.3. The molecule has 2 rings (SSSR count). The van der Waals surface area contributed by atoms with E-state index in [1.165, 1.54) is 18.0 Å². The van der Waals surface area contributed by atoms with Crippen molar-refractivity contribution in [2.24, 2.45) is 0 Å². The topological polar surface area (TPSA) is 59.5 Å². The van der Waals surface area contributed by atoms with E-state index in [-0.39, 0.29) is 20.8 Å². The molecule has 8 heteroatoms. The molecular formula is C16H13Cl3N2O3. The summed E-state index contributed by atoms with van der Waals surface area (Å²) in [4.78, 5) is 29.7. The zero-order valence-electron chi connectivity index (χ0n) is 12.8. The fraction of sp³-hybridized carbons (Fsp3) is 0.188. The first-order valence-corrected chi connectivity index (χ1v) is 7.99. The molecule has 0 unspecified atom stereocenters. The number of nitrogens with zero attached hydrogens (tertiary/aromatic N) is 2. The van der Waals surface area contributed by atoms with Crippen molar-refractivity contribution in [2.45, 2.75) is 13.0 Å². The van der Waals surface area contributed by atoms with Crippen LogP contribution in [0.5, 0.6) is 0 Å². The first kappa shape index (κ1) is 18.5. The summed E-state index contributed by atoms with van der Waals surface area (Å²) in [7, 11) is 1.59. The lowest BCUT2D eigenvalue weighted by molar-refractivity contribution is -0.126. The molecule has 0 fully saturated rings. The smallest absolute Gasteiger partial charge is 0.359 e. The van der Waals surface area contributed by atoms with E-state index in [2.05, 4.69) is 4.98 Å². The van der Waals surface area contributed by atoms with Gasteiger partial charge in [0.2, 0.25) is 0 Å². The normalized spacial score (nSPS) is 11.7. The molecule has 1 amide bonds. The van der Waals surface area contributed by atoms with Crippen LogP contribution in [0.4, 0.5) is 5.69 Å². The summed E-state index contributed by atoms with van der Waals surface area (Å²) >= 11 is 17.6. The highest BCUT2D eigenvalue weighted by Gasteiger charge is 2.26. The molecule has 0 aliphatic carbocycles. The Bertz CT molecular complexity index is 769. The lowest BCUT2D eigenvalue weighted by Crippen LogP contribution is -2.37. The summed E-state index contributed by atoms with van der Waals surface area (Å²) in [5.41, 5.74) is 0.476. The molecule has 0 spiro atoms. The van der Waals surface area contributed by atoms with Gasteiger partial charge in [0.25, 0.3) is 5.91 Å². The predicted octanol–water partition coefficient (Wildman–Crippen LogP) is 4.25. The van der Waals surface area contributed by atoms with E-state index in [0.29, 0.717) is 5.69 Å². The second kappa shape index (κ2) is 7.83. The SMILES string of the molecule is C[C@H](OC(=O)c1ncc(Cl)c(Cl)c1Cl)C(=O)N(C)c1ccccc1.